The van der Waals surface area contributed by atoms with Crippen LogP contribution < -0.4 is 15.0 Å². The molecule has 19 heavy (non-hydrogen) atoms. The molecule has 0 bridgehead atoms. The van der Waals surface area contributed by atoms with Crippen molar-refractivity contribution in [1.29, 1.82) is 0 Å². The molecule has 0 radical (unpaired) electrons. The molecule has 0 aliphatic carbocycles. The normalized spacial score (nSPS) is 25.9. The molecule has 2 saturated heterocycles. The van der Waals surface area contributed by atoms with E-state index in [1.165, 1.54) is 12.4 Å². The monoisotopic (exact) mass is 270 g/mol. The number of nitrogens with one attached hydrogen (secondary N) is 1. The van der Waals surface area contributed by atoms with E-state index in [1.807, 2.05) is 0 Å². The first-order chi connectivity index (χ1) is 9.22. The fourth-order valence-corrected chi connectivity index (χ4v) is 2.73. The van der Waals surface area contributed by atoms with Gasteiger partial charge in [0.05, 0.1) is 12.4 Å². The maximum atomic E-state index is 12.0. The lowest BCUT2D eigenvalue weighted by Crippen LogP contribution is -2.26. The van der Waals surface area contributed by atoms with Crippen LogP contribution in [0.1, 0.15) is 0 Å². The fraction of sp³-hybridized carbons (Fsp3) is 0.667. The van der Waals surface area contributed by atoms with Crippen LogP contribution >= 0.6 is 0 Å². The van der Waals surface area contributed by atoms with E-state index in [-0.39, 0.29) is 5.75 Å². The third-order valence-electron chi connectivity index (χ3n) is 3.66. The van der Waals surface area contributed by atoms with Crippen molar-refractivity contribution in [2.75, 3.05) is 37.7 Å². The van der Waals surface area contributed by atoms with Crippen molar-refractivity contribution in [1.82, 2.24) is 15.3 Å². The molecular weight excluding hydrogens is 254 g/mol. The number of nitrogens with zero attached hydrogens (tertiary/aromatic N) is 3. The van der Waals surface area contributed by atoms with Crippen LogP contribution in [0.25, 0.3) is 0 Å². The van der Waals surface area contributed by atoms with E-state index in [9.17, 15) is 8.78 Å². The van der Waals surface area contributed by atoms with Crippen molar-refractivity contribution in [3.05, 3.63) is 12.4 Å². The van der Waals surface area contributed by atoms with E-state index >= 15 is 0 Å². The topological polar surface area (TPSA) is 50.3 Å². The highest BCUT2D eigenvalue weighted by Crippen LogP contribution is 2.28. The van der Waals surface area contributed by atoms with Crippen molar-refractivity contribution in [3.8, 4) is 5.75 Å². The van der Waals surface area contributed by atoms with Crippen LogP contribution in [-0.2, 0) is 0 Å². The summed E-state index contributed by atoms with van der Waals surface area (Å²) in [6, 6.07) is 0. The van der Waals surface area contributed by atoms with Crippen molar-refractivity contribution >= 4 is 5.95 Å². The van der Waals surface area contributed by atoms with Gasteiger partial charge in [-0.05, 0) is 11.8 Å². The van der Waals surface area contributed by atoms with E-state index in [4.69, 9.17) is 4.74 Å². The van der Waals surface area contributed by atoms with E-state index in [2.05, 4.69) is 20.2 Å². The number of aromatic nitrogens is 2. The molecule has 2 aliphatic rings. The third-order valence-corrected chi connectivity index (χ3v) is 3.66. The Morgan fingerprint density at radius 2 is 1.89 bits per heavy atom. The summed E-state index contributed by atoms with van der Waals surface area (Å²) < 4.78 is 28.9. The minimum absolute atomic E-state index is 0.283. The van der Waals surface area contributed by atoms with Crippen LogP contribution in [0.4, 0.5) is 14.7 Å². The average molecular weight is 270 g/mol. The summed E-state index contributed by atoms with van der Waals surface area (Å²) in [4.78, 5) is 10.5. The first-order valence-corrected chi connectivity index (χ1v) is 6.41. The van der Waals surface area contributed by atoms with E-state index < -0.39 is 13.0 Å². The first-order valence-electron chi connectivity index (χ1n) is 6.41. The largest absolute Gasteiger partial charge is 0.484 e. The molecule has 5 nitrogen and oxygen atoms in total. The Balaban J connectivity index is 1.60. The molecule has 2 unspecified atom stereocenters. The zero-order valence-corrected chi connectivity index (χ0v) is 10.4. The maximum Gasteiger partial charge on any atom is 0.272 e. The van der Waals surface area contributed by atoms with Gasteiger partial charge in [0, 0.05) is 26.2 Å². The molecule has 2 atom stereocenters. The molecule has 104 valence electrons. The van der Waals surface area contributed by atoms with E-state index in [1.54, 1.807) is 0 Å². The minimum Gasteiger partial charge on any atom is -0.484 e. The summed E-state index contributed by atoms with van der Waals surface area (Å²) in [7, 11) is 0. The summed E-state index contributed by atoms with van der Waals surface area (Å²) in [5, 5.41) is 3.37. The fourth-order valence-electron chi connectivity index (χ4n) is 2.73. The Hall–Kier alpha value is -1.50. The second kappa shape index (κ2) is 5.24. The predicted octanol–water partition coefficient (Wildman–Crippen LogP) is 0.776. The smallest absolute Gasteiger partial charge is 0.272 e. The van der Waals surface area contributed by atoms with Crippen molar-refractivity contribution < 1.29 is 13.5 Å². The minimum atomic E-state index is -2.48. The summed E-state index contributed by atoms with van der Waals surface area (Å²) in [5.41, 5.74) is 0. The van der Waals surface area contributed by atoms with Crippen molar-refractivity contribution in [2.45, 2.75) is 6.43 Å². The second-order valence-corrected chi connectivity index (χ2v) is 5.00. The van der Waals surface area contributed by atoms with Crippen molar-refractivity contribution in [3.63, 3.8) is 0 Å². The van der Waals surface area contributed by atoms with Gasteiger partial charge in [-0.25, -0.2) is 18.7 Å². The zero-order valence-electron chi connectivity index (χ0n) is 10.4. The summed E-state index contributed by atoms with van der Waals surface area (Å²) in [5.74, 6) is 2.26. The number of anilines is 1. The zero-order chi connectivity index (χ0) is 13.2. The highest BCUT2D eigenvalue weighted by molar-refractivity contribution is 5.34. The molecule has 7 heteroatoms. The quantitative estimate of drug-likeness (QED) is 0.876. The Kier molecular flexibility index (Phi) is 3.46. The second-order valence-electron chi connectivity index (χ2n) is 5.00. The van der Waals surface area contributed by atoms with Gasteiger partial charge < -0.3 is 15.0 Å². The van der Waals surface area contributed by atoms with Crippen molar-refractivity contribution in [2.24, 2.45) is 11.8 Å². The lowest BCUT2D eigenvalue weighted by Gasteiger charge is -2.17. The summed E-state index contributed by atoms with van der Waals surface area (Å²) >= 11 is 0. The van der Waals surface area contributed by atoms with Crippen LogP contribution in [0, 0.1) is 11.8 Å². The molecule has 2 aliphatic heterocycles. The number of rotatable bonds is 4. The highest BCUT2D eigenvalue weighted by Gasteiger charge is 2.36. The van der Waals surface area contributed by atoms with Gasteiger partial charge in [-0.15, -0.1) is 0 Å². The Bertz CT molecular complexity index is 416. The standard InChI is InChI=1S/C12H16F2N4O/c13-11(14)7-19-10-3-16-12(17-4-10)18-5-8-1-15-2-9(8)6-18/h3-4,8-9,11,15H,1-2,5-7H2. The SMILES string of the molecule is FC(F)COc1cnc(N2CC3CNCC3C2)nc1. The number of hydrogen-bond acceptors (Lipinski definition) is 5. The highest BCUT2D eigenvalue weighted by atomic mass is 19.3. The van der Waals surface area contributed by atoms with Crippen LogP contribution in [0.2, 0.25) is 0 Å². The number of ether oxygens (including phenoxy) is 1. The van der Waals surface area contributed by atoms with Gasteiger partial charge in [0.25, 0.3) is 6.43 Å². The molecule has 3 heterocycles. The molecule has 0 spiro atoms. The van der Waals surface area contributed by atoms with Gasteiger partial charge in [0.2, 0.25) is 5.95 Å². The lowest BCUT2D eigenvalue weighted by atomic mass is 10.0. The molecule has 0 saturated carbocycles. The number of hydrogen-bond donors (Lipinski definition) is 1. The van der Waals surface area contributed by atoms with Gasteiger partial charge in [-0.3, -0.25) is 0 Å². The molecular formula is C12H16F2N4O. The van der Waals surface area contributed by atoms with Crippen LogP contribution in [-0.4, -0.2) is 49.2 Å². The summed E-state index contributed by atoms with van der Waals surface area (Å²) in [6.45, 7) is 3.39. The van der Waals surface area contributed by atoms with Gasteiger partial charge in [0.1, 0.15) is 6.61 Å². The number of alkyl halides is 2. The molecule has 2 fully saturated rings. The molecule has 0 aromatic carbocycles. The van der Waals surface area contributed by atoms with Gasteiger partial charge >= 0.3 is 0 Å². The van der Waals surface area contributed by atoms with Crippen LogP contribution in [0.3, 0.4) is 0 Å². The molecule has 1 aromatic rings. The molecule has 0 amide bonds. The summed E-state index contributed by atoms with van der Waals surface area (Å²) in [6.07, 6.45) is 0.429. The van der Waals surface area contributed by atoms with Gasteiger partial charge in [-0.1, -0.05) is 0 Å². The number of fused-ring (bicyclic) bond motifs is 1. The Morgan fingerprint density at radius 1 is 1.26 bits per heavy atom. The molecule has 1 N–H and O–H groups in total. The van der Waals surface area contributed by atoms with Crippen LogP contribution in [0.5, 0.6) is 5.75 Å². The first kappa shape index (κ1) is 12.5. The molecule has 1 aromatic heterocycles. The van der Waals surface area contributed by atoms with Gasteiger partial charge in [0.15, 0.2) is 5.75 Å². The predicted molar refractivity (Wildman–Crippen MR) is 65.6 cm³/mol. The maximum absolute atomic E-state index is 12.0. The number of halogens is 2. The average Bonchev–Trinajstić information content (AvgIpc) is 2.97. The van der Waals surface area contributed by atoms with Crippen LogP contribution in [0.15, 0.2) is 12.4 Å². The van der Waals surface area contributed by atoms with E-state index in [0.29, 0.717) is 17.8 Å². The van der Waals surface area contributed by atoms with Gasteiger partial charge in [-0.2, -0.15) is 0 Å². The lowest BCUT2D eigenvalue weighted by molar-refractivity contribution is 0.0815. The Morgan fingerprint density at radius 3 is 2.47 bits per heavy atom. The third kappa shape index (κ3) is 2.75. The van der Waals surface area contributed by atoms with E-state index in [0.717, 1.165) is 26.2 Å². The Labute approximate surface area is 110 Å². The molecule has 3 rings (SSSR count).